The molecule has 1 amide bonds. The molecule has 0 bridgehead atoms. The molecule has 1 fully saturated rings. The Hall–Kier alpha value is -1.30. The van der Waals surface area contributed by atoms with Crippen LogP contribution >= 0.6 is 0 Å². The second kappa shape index (κ2) is 6.92. The first-order valence-corrected chi connectivity index (χ1v) is 6.95. The number of hydrogen-bond donors (Lipinski definition) is 0. The molecule has 0 aliphatic carbocycles. The van der Waals surface area contributed by atoms with Gasteiger partial charge in [-0.15, -0.1) is 0 Å². The molecule has 0 aromatic carbocycles. The lowest BCUT2D eigenvalue weighted by Gasteiger charge is -2.37. The van der Waals surface area contributed by atoms with Crippen LogP contribution in [-0.4, -0.2) is 55.5 Å². The van der Waals surface area contributed by atoms with Crippen molar-refractivity contribution in [2.24, 2.45) is 5.92 Å². The van der Waals surface area contributed by atoms with Crippen molar-refractivity contribution in [1.29, 1.82) is 0 Å². The Morgan fingerprint density at radius 3 is 2.45 bits per heavy atom. The van der Waals surface area contributed by atoms with Gasteiger partial charge in [0, 0.05) is 20.2 Å². The van der Waals surface area contributed by atoms with Gasteiger partial charge in [-0.05, 0) is 34.1 Å². The van der Waals surface area contributed by atoms with Crippen LogP contribution in [0.5, 0.6) is 0 Å². The van der Waals surface area contributed by atoms with Gasteiger partial charge in [-0.25, -0.2) is 4.79 Å². The Balaban J connectivity index is 2.69. The largest absolute Gasteiger partial charge is 0.466 e. The van der Waals surface area contributed by atoms with Gasteiger partial charge in [-0.1, -0.05) is 0 Å². The molecule has 1 aliphatic heterocycles. The first-order chi connectivity index (χ1) is 9.28. The number of nitrogens with zero attached hydrogens (tertiary/aromatic N) is 1. The Labute approximate surface area is 120 Å². The minimum atomic E-state index is -0.547. The van der Waals surface area contributed by atoms with E-state index < -0.39 is 17.6 Å². The topological polar surface area (TPSA) is 65.1 Å². The molecule has 0 aromatic heterocycles. The summed E-state index contributed by atoms with van der Waals surface area (Å²) in [5.41, 5.74) is -0.547. The first kappa shape index (κ1) is 16.8. The predicted molar refractivity (Wildman–Crippen MR) is 73.3 cm³/mol. The van der Waals surface area contributed by atoms with Crippen molar-refractivity contribution in [2.45, 2.75) is 45.8 Å². The van der Waals surface area contributed by atoms with Crippen molar-refractivity contribution in [3.8, 4) is 0 Å². The lowest BCUT2D eigenvalue weighted by Crippen LogP contribution is -2.51. The number of carbonyl (C=O) groups is 2. The summed E-state index contributed by atoms with van der Waals surface area (Å²) < 4.78 is 15.7. The summed E-state index contributed by atoms with van der Waals surface area (Å²) in [4.78, 5) is 25.5. The van der Waals surface area contributed by atoms with E-state index in [9.17, 15) is 9.59 Å². The fraction of sp³-hybridized carbons (Fsp3) is 0.857. The Morgan fingerprint density at radius 2 is 1.95 bits per heavy atom. The molecule has 6 heteroatoms. The summed E-state index contributed by atoms with van der Waals surface area (Å²) in [5, 5.41) is 0. The molecule has 2 atom stereocenters. The molecule has 20 heavy (non-hydrogen) atoms. The average Bonchev–Trinajstić information content (AvgIpc) is 2.36. The zero-order valence-electron chi connectivity index (χ0n) is 13.0. The highest BCUT2D eigenvalue weighted by Crippen LogP contribution is 2.23. The van der Waals surface area contributed by atoms with E-state index in [2.05, 4.69) is 0 Å². The van der Waals surface area contributed by atoms with Crippen LogP contribution in [0.15, 0.2) is 0 Å². The predicted octanol–water partition coefficient (Wildman–Crippen LogP) is 1.82. The van der Waals surface area contributed by atoms with Gasteiger partial charge in [-0.2, -0.15) is 0 Å². The van der Waals surface area contributed by atoms with Gasteiger partial charge >= 0.3 is 12.1 Å². The summed E-state index contributed by atoms with van der Waals surface area (Å²) in [6.45, 7) is 8.31. The van der Waals surface area contributed by atoms with Gasteiger partial charge in [0.25, 0.3) is 0 Å². The van der Waals surface area contributed by atoms with Crippen LogP contribution in [0.4, 0.5) is 4.79 Å². The molecule has 0 aromatic rings. The molecule has 0 radical (unpaired) electrons. The number of piperidine rings is 1. The molecule has 0 saturated carbocycles. The number of carbonyl (C=O) groups excluding carboxylic acids is 2. The van der Waals surface area contributed by atoms with Crippen LogP contribution in [0.25, 0.3) is 0 Å². The third-order valence-corrected chi connectivity index (χ3v) is 3.09. The van der Waals surface area contributed by atoms with Gasteiger partial charge < -0.3 is 19.1 Å². The Bertz CT molecular complexity index is 350. The first-order valence-electron chi connectivity index (χ1n) is 6.95. The summed E-state index contributed by atoms with van der Waals surface area (Å²) in [6, 6.07) is 0. The monoisotopic (exact) mass is 287 g/mol. The molecule has 0 spiro atoms. The van der Waals surface area contributed by atoms with Crippen molar-refractivity contribution >= 4 is 12.1 Å². The normalized spacial score (nSPS) is 23.4. The lowest BCUT2D eigenvalue weighted by molar-refractivity contribution is -0.156. The second-order valence-electron chi connectivity index (χ2n) is 5.85. The highest BCUT2D eigenvalue weighted by molar-refractivity contribution is 5.75. The molecule has 1 aliphatic rings. The quantitative estimate of drug-likeness (QED) is 0.741. The second-order valence-corrected chi connectivity index (χ2v) is 5.85. The van der Waals surface area contributed by atoms with Crippen molar-refractivity contribution < 1.29 is 23.8 Å². The number of rotatable bonds is 3. The molecule has 1 heterocycles. The Morgan fingerprint density at radius 1 is 1.30 bits per heavy atom. The molecule has 1 unspecified atom stereocenters. The minimum absolute atomic E-state index is 0.215. The highest BCUT2D eigenvalue weighted by Gasteiger charge is 2.38. The van der Waals surface area contributed by atoms with Crippen LogP contribution in [0, 0.1) is 5.92 Å². The van der Waals surface area contributed by atoms with E-state index in [1.54, 1.807) is 18.9 Å². The van der Waals surface area contributed by atoms with Gasteiger partial charge in [-0.3, -0.25) is 4.79 Å². The smallest absolute Gasteiger partial charge is 0.410 e. The summed E-state index contributed by atoms with van der Waals surface area (Å²) >= 11 is 0. The van der Waals surface area contributed by atoms with Crippen molar-refractivity contribution in [1.82, 2.24) is 4.90 Å². The fourth-order valence-corrected chi connectivity index (χ4v) is 2.18. The third kappa shape index (κ3) is 4.67. The maximum atomic E-state index is 12.0. The average molecular weight is 287 g/mol. The molecule has 1 rings (SSSR count). The Kier molecular flexibility index (Phi) is 5.80. The fourth-order valence-electron chi connectivity index (χ4n) is 2.18. The van der Waals surface area contributed by atoms with Crippen LogP contribution in [0.3, 0.4) is 0 Å². The van der Waals surface area contributed by atoms with Gasteiger partial charge in [0.1, 0.15) is 11.5 Å². The summed E-state index contributed by atoms with van der Waals surface area (Å²) in [5.74, 6) is -0.783. The lowest BCUT2D eigenvalue weighted by atomic mass is 9.95. The van der Waals surface area contributed by atoms with Crippen molar-refractivity contribution in [3.05, 3.63) is 0 Å². The molecule has 6 nitrogen and oxygen atoms in total. The highest BCUT2D eigenvalue weighted by atomic mass is 16.6. The van der Waals surface area contributed by atoms with Crippen LogP contribution in [0.1, 0.15) is 34.1 Å². The maximum absolute atomic E-state index is 12.0. The number of likely N-dealkylation sites (tertiary alicyclic amines) is 1. The van der Waals surface area contributed by atoms with E-state index in [4.69, 9.17) is 14.2 Å². The molecule has 1 saturated heterocycles. The zero-order chi connectivity index (χ0) is 15.3. The maximum Gasteiger partial charge on any atom is 0.410 e. The molecule has 0 N–H and O–H groups in total. The van der Waals surface area contributed by atoms with E-state index in [1.807, 2.05) is 20.8 Å². The third-order valence-electron chi connectivity index (χ3n) is 3.09. The van der Waals surface area contributed by atoms with E-state index in [-0.39, 0.29) is 18.6 Å². The number of hydrogen-bond acceptors (Lipinski definition) is 5. The SMILES string of the molecule is CCOC(=O)[C@H]1CN(C(=O)OC(C)(C)C)CCC1OC. The minimum Gasteiger partial charge on any atom is -0.466 e. The number of esters is 1. The van der Waals surface area contributed by atoms with E-state index in [1.165, 1.54) is 0 Å². The van der Waals surface area contributed by atoms with Crippen molar-refractivity contribution in [3.63, 3.8) is 0 Å². The van der Waals surface area contributed by atoms with Crippen LogP contribution in [-0.2, 0) is 19.0 Å². The number of amides is 1. The van der Waals surface area contributed by atoms with E-state index >= 15 is 0 Å². The van der Waals surface area contributed by atoms with Crippen molar-refractivity contribution in [2.75, 3.05) is 26.8 Å². The zero-order valence-corrected chi connectivity index (χ0v) is 13.0. The van der Waals surface area contributed by atoms with Gasteiger partial charge in [0.15, 0.2) is 0 Å². The van der Waals surface area contributed by atoms with Gasteiger partial charge in [0.2, 0.25) is 0 Å². The summed E-state index contributed by atoms with van der Waals surface area (Å²) in [6.07, 6.45) is -0.0201. The molecular formula is C14H25NO5. The number of ether oxygens (including phenoxy) is 3. The standard InChI is InChI=1S/C14H25NO5/c1-6-19-12(16)10-9-15(8-7-11(10)18-5)13(17)20-14(2,3)4/h10-11H,6-9H2,1-5H3/t10-,11?/m0/s1. The summed E-state index contributed by atoms with van der Waals surface area (Å²) in [7, 11) is 1.57. The van der Waals surface area contributed by atoms with Gasteiger partial charge in [0.05, 0.1) is 12.7 Å². The number of methoxy groups -OCH3 is 1. The van der Waals surface area contributed by atoms with E-state index in [0.29, 0.717) is 19.6 Å². The van der Waals surface area contributed by atoms with Crippen LogP contribution < -0.4 is 0 Å². The van der Waals surface area contributed by atoms with E-state index in [0.717, 1.165) is 0 Å². The molecular weight excluding hydrogens is 262 g/mol. The van der Waals surface area contributed by atoms with Crippen LogP contribution in [0.2, 0.25) is 0 Å². The molecule has 116 valence electrons.